The predicted molar refractivity (Wildman–Crippen MR) is 47.1 cm³/mol. The van der Waals surface area contributed by atoms with Crippen molar-refractivity contribution in [3.63, 3.8) is 0 Å². The summed E-state index contributed by atoms with van der Waals surface area (Å²) in [7, 11) is 1.54. The van der Waals surface area contributed by atoms with Gasteiger partial charge in [0.2, 0.25) is 0 Å². The van der Waals surface area contributed by atoms with Crippen molar-refractivity contribution >= 4 is 5.91 Å². The van der Waals surface area contributed by atoms with Gasteiger partial charge in [-0.25, -0.2) is 0 Å². The Morgan fingerprint density at radius 1 is 1.46 bits per heavy atom. The lowest BCUT2D eigenvalue weighted by Crippen LogP contribution is -2.20. The van der Waals surface area contributed by atoms with Crippen LogP contribution >= 0.6 is 0 Å². The number of nitrogens with two attached hydrogens (primary N) is 1. The molecule has 0 fully saturated rings. The summed E-state index contributed by atoms with van der Waals surface area (Å²) in [5, 5.41) is 9.25. The number of hydrogen-bond donors (Lipinski definition) is 2. The van der Waals surface area contributed by atoms with E-state index in [1.165, 1.54) is 0 Å². The Labute approximate surface area is 75.9 Å². The third-order valence-electron chi connectivity index (χ3n) is 1.70. The summed E-state index contributed by atoms with van der Waals surface area (Å²) in [6, 6.07) is 6.49. The molecule has 0 aromatic heterocycles. The van der Waals surface area contributed by atoms with Crippen LogP contribution in [0.4, 0.5) is 0 Å². The molecular weight excluding hydrogens is 170 g/mol. The molecule has 0 aliphatic heterocycles. The molecule has 3 N–H and O–H groups in total. The molecule has 0 aliphatic rings. The van der Waals surface area contributed by atoms with E-state index in [9.17, 15) is 9.90 Å². The van der Waals surface area contributed by atoms with Gasteiger partial charge in [-0.3, -0.25) is 4.79 Å². The Bertz CT molecular complexity index is 294. The van der Waals surface area contributed by atoms with Crippen LogP contribution in [-0.2, 0) is 4.79 Å². The summed E-state index contributed by atoms with van der Waals surface area (Å²) in [4.78, 5) is 10.6. The lowest BCUT2D eigenvalue weighted by atomic mass is 10.1. The topological polar surface area (TPSA) is 72.6 Å². The Morgan fingerprint density at radius 3 is 2.38 bits per heavy atom. The van der Waals surface area contributed by atoms with Crippen molar-refractivity contribution in [2.45, 2.75) is 6.10 Å². The first-order valence-corrected chi connectivity index (χ1v) is 3.76. The van der Waals surface area contributed by atoms with Gasteiger partial charge in [0, 0.05) is 0 Å². The van der Waals surface area contributed by atoms with E-state index >= 15 is 0 Å². The molecule has 0 aliphatic carbocycles. The fourth-order valence-corrected chi connectivity index (χ4v) is 0.950. The van der Waals surface area contributed by atoms with Crippen LogP contribution in [0.25, 0.3) is 0 Å². The molecule has 13 heavy (non-hydrogen) atoms. The Morgan fingerprint density at radius 2 is 2.00 bits per heavy atom. The fourth-order valence-electron chi connectivity index (χ4n) is 0.950. The van der Waals surface area contributed by atoms with E-state index in [0.717, 1.165) is 0 Å². The number of primary amides is 1. The molecule has 1 amide bonds. The molecule has 0 saturated carbocycles. The second-order valence-corrected chi connectivity index (χ2v) is 2.58. The summed E-state index contributed by atoms with van der Waals surface area (Å²) < 4.78 is 4.91. The third kappa shape index (κ3) is 2.19. The zero-order valence-electron chi connectivity index (χ0n) is 7.23. The van der Waals surface area contributed by atoms with Crippen LogP contribution in [-0.4, -0.2) is 18.1 Å². The maximum atomic E-state index is 10.6. The van der Waals surface area contributed by atoms with Crippen LogP contribution in [0.5, 0.6) is 5.75 Å². The van der Waals surface area contributed by atoms with Crippen molar-refractivity contribution in [2.24, 2.45) is 5.73 Å². The van der Waals surface area contributed by atoms with E-state index in [1.807, 2.05) is 0 Å². The first-order valence-electron chi connectivity index (χ1n) is 3.76. The summed E-state index contributed by atoms with van der Waals surface area (Å²) in [6.45, 7) is 0. The summed E-state index contributed by atoms with van der Waals surface area (Å²) >= 11 is 0. The zero-order chi connectivity index (χ0) is 9.84. The Kier molecular flexibility index (Phi) is 2.87. The summed E-state index contributed by atoms with van der Waals surface area (Å²) in [5.74, 6) is -0.0920. The number of aliphatic hydroxyl groups excluding tert-OH is 1. The van der Waals surface area contributed by atoms with Gasteiger partial charge in [-0.15, -0.1) is 0 Å². The molecule has 1 atom stereocenters. The number of benzene rings is 1. The Balaban J connectivity index is 2.85. The van der Waals surface area contributed by atoms with Crippen LogP contribution in [0.3, 0.4) is 0 Å². The maximum absolute atomic E-state index is 10.6. The highest BCUT2D eigenvalue weighted by molar-refractivity contribution is 5.80. The van der Waals surface area contributed by atoms with Crippen molar-refractivity contribution < 1.29 is 14.6 Å². The minimum absolute atomic E-state index is 0.466. The van der Waals surface area contributed by atoms with Crippen LogP contribution in [0.1, 0.15) is 11.7 Å². The third-order valence-corrected chi connectivity index (χ3v) is 1.70. The molecule has 1 aromatic carbocycles. The maximum Gasteiger partial charge on any atom is 0.250 e. The van der Waals surface area contributed by atoms with E-state index in [2.05, 4.69) is 0 Å². The molecule has 0 bridgehead atoms. The molecule has 70 valence electrons. The minimum Gasteiger partial charge on any atom is -0.497 e. The predicted octanol–water partition coefficient (Wildman–Crippen LogP) is 0.214. The first-order chi connectivity index (χ1) is 6.15. The van der Waals surface area contributed by atoms with Crippen LogP contribution in [0.2, 0.25) is 0 Å². The highest BCUT2D eigenvalue weighted by atomic mass is 16.5. The number of carbonyl (C=O) groups excluding carboxylic acids is 1. The first kappa shape index (κ1) is 9.54. The van der Waals surface area contributed by atoms with Gasteiger partial charge < -0.3 is 15.6 Å². The zero-order valence-corrected chi connectivity index (χ0v) is 7.23. The van der Waals surface area contributed by atoms with E-state index in [0.29, 0.717) is 11.3 Å². The number of amides is 1. The minimum atomic E-state index is -1.24. The monoisotopic (exact) mass is 181 g/mol. The van der Waals surface area contributed by atoms with E-state index in [4.69, 9.17) is 10.5 Å². The average Bonchev–Trinajstić information content (AvgIpc) is 2.17. The fraction of sp³-hybridized carbons (Fsp3) is 0.222. The summed E-state index contributed by atoms with van der Waals surface area (Å²) in [5.41, 5.74) is 5.38. The van der Waals surface area contributed by atoms with Gasteiger partial charge in [0.25, 0.3) is 5.91 Å². The van der Waals surface area contributed by atoms with Crippen LogP contribution in [0.15, 0.2) is 24.3 Å². The van der Waals surface area contributed by atoms with E-state index in [1.54, 1.807) is 31.4 Å². The van der Waals surface area contributed by atoms with Gasteiger partial charge in [-0.2, -0.15) is 0 Å². The lowest BCUT2D eigenvalue weighted by Gasteiger charge is -2.06. The molecule has 0 unspecified atom stereocenters. The van der Waals surface area contributed by atoms with Crippen molar-refractivity contribution in [3.05, 3.63) is 29.8 Å². The highest BCUT2D eigenvalue weighted by Crippen LogP contribution is 2.16. The number of methoxy groups -OCH3 is 1. The van der Waals surface area contributed by atoms with Gasteiger partial charge in [0.15, 0.2) is 6.10 Å². The van der Waals surface area contributed by atoms with Crippen LogP contribution < -0.4 is 10.5 Å². The molecule has 4 heteroatoms. The van der Waals surface area contributed by atoms with Crippen molar-refractivity contribution in [2.75, 3.05) is 7.11 Å². The van der Waals surface area contributed by atoms with Gasteiger partial charge in [0.1, 0.15) is 5.75 Å². The molecule has 1 aromatic rings. The quantitative estimate of drug-likeness (QED) is 0.700. The molecule has 0 heterocycles. The second-order valence-electron chi connectivity index (χ2n) is 2.58. The molecule has 0 radical (unpaired) electrons. The normalized spacial score (nSPS) is 12.2. The standard InChI is InChI=1S/C9H11NO3/c1-13-7-4-2-6(3-5-7)8(11)9(10)12/h2-5,8,11H,1H3,(H2,10,12)/t8-/m1/s1. The molecule has 1 rings (SSSR count). The van der Waals surface area contributed by atoms with Gasteiger partial charge >= 0.3 is 0 Å². The van der Waals surface area contributed by atoms with Crippen molar-refractivity contribution in [3.8, 4) is 5.75 Å². The Hall–Kier alpha value is -1.55. The van der Waals surface area contributed by atoms with Crippen molar-refractivity contribution in [1.82, 2.24) is 0 Å². The number of rotatable bonds is 3. The second kappa shape index (κ2) is 3.91. The molecule has 4 nitrogen and oxygen atoms in total. The smallest absolute Gasteiger partial charge is 0.250 e. The molecular formula is C9H11NO3. The molecule has 0 saturated heterocycles. The number of ether oxygens (including phenoxy) is 1. The highest BCUT2D eigenvalue weighted by Gasteiger charge is 2.12. The van der Waals surface area contributed by atoms with Gasteiger partial charge in [-0.05, 0) is 17.7 Å². The van der Waals surface area contributed by atoms with Crippen LogP contribution in [0, 0.1) is 0 Å². The largest absolute Gasteiger partial charge is 0.497 e. The van der Waals surface area contributed by atoms with E-state index in [-0.39, 0.29) is 0 Å². The van der Waals surface area contributed by atoms with E-state index < -0.39 is 12.0 Å². The lowest BCUT2D eigenvalue weighted by molar-refractivity contribution is -0.126. The van der Waals surface area contributed by atoms with Crippen molar-refractivity contribution in [1.29, 1.82) is 0 Å². The van der Waals surface area contributed by atoms with Gasteiger partial charge in [0.05, 0.1) is 7.11 Å². The average molecular weight is 181 g/mol. The number of aliphatic hydroxyl groups is 1. The molecule has 0 spiro atoms. The van der Waals surface area contributed by atoms with Gasteiger partial charge in [-0.1, -0.05) is 12.1 Å². The SMILES string of the molecule is COc1ccc([C@@H](O)C(N)=O)cc1. The summed E-state index contributed by atoms with van der Waals surface area (Å²) in [6.07, 6.45) is -1.24. The number of hydrogen-bond acceptors (Lipinski definition) is 3. The number of carbonyl (C=O) groups is 1.